The maximum Gasteiger partial charge on any atom is 0.433 e. The summed E-state index contributed by atoms with van der Waals surface area (Å²) in [6.07, 6.45) is -4.97. The van der Waals surface area contributed by atoms with Crippen LogP contribution in [0.1, 0.15) is 31.0 Å². The normalized spacial score (nSPS) is 17.2. The molecule has 1 unspecified atom stereocenters. The predicted molar refractivity (Wildman–Crippen MR) is 127 cm³/mol. The Morgan fingerprint density at radius 1 is 1.14 bits per heavy atom. The van der Waals surface area contributed by atoms with E-state index in [0.29, 0.717) is 19.4 Å². The monoisotopic (exact) mass is 527 g/mol. The molecule has 4 N–H and O–H groups in total. The number of ether oxygens (including phenoxy) is 1. The van der Waals surface area contributed by atoms with Crippen LogP contribution in [0.5, 0.6) is 5.75 Å². The van der Waals surface area contributed by atoms with Crippen LogP contribution >= 0.6 is 0 Å². The highest BCUT2D eigenvalue weighted by molar-refractivity contribution is 5.79. The molecule has 0 spiro atoms. The second-order valence-electron chi connectivity index (χ2n) is 8.73. The second-order valence-corrected chi connectivity index (χ2v) is 8.73. The van der Waals surface area contributed by atoms with E-state index in [-0.39, 0.29) is 38.5 Å². The minimum Gasteiger partial charge on any atom is -0.494 e. The number of anilines is 1. The molecule has 1 amide bonds. The number of aliphatic hydroxyl groups is 2. The van der Waals surface area contributed by atoms with Gasteiger partial charge in [-0.1, -0.05) is 12.1 Å². The average Bonchev–Trinajstić information content (AvgIpc) is 2.90. The molecule has 1 aromatic heterocycles. The SMILES string of the molecule is CCOc1ccc(CCC[C@@H](C(O)N2CCN(c3nccc(C(F)(F)F)n3)CC2)[C@H](O)C(=O)NO)cc1. The summed E-state index contributed by atoms with van der Waals surface area (Å²) in [6.45, 7) is 3.41. The standard InChI is InChI=1S/C24H32F3N5O5/c1-2-37-17-8-6-16(7-9-17)4-3-5-18(20(33)21(34)30-36)22(35)31-12-14-32(15-13-31)23-28-11-10-19(29-23)24(25,26)27/h6-11,18,20,22,33,35-36H,2-5,12-15H2,1H3,(H,30,34)/t18-,20+,22?/m1/s1. The second kappa shape index (κ2) is 13.0. The van der Waals surface area contributed by atoms with Crippen LogP contribution in [-0.4, -0.2) is 81.3 Å². The minimum absolute atomic E-state index is 0.0597. The van der Waals surface area contributed by atoms with E-state index in [1.807, 2.05) is 31.2 Å². The first-order valence-electron chi connectivity index (χ1n) is 12.0. The third kappa shape index (κ3) is 7.74. The molecule has 3 atom stereocenters. The molecule has 10 nitrogen and oxygen atoms in total. The highest BCUT2D eigenvalue weighted by Gasteiger charge is 2.37. The van der Waals surface area contributed by atoms with Crippen molar-refractivity contribution in [2.75, 3.05) is 37.7 Å². The Kier molecular flexibility index (Phi) is 10.0. The largest absolute Gasteiger partial charge is 0.494 e. The predicted octanol–water partition coefficient (Wildman–Crippen LogP) is 1.84. The molecule has 1 aromatic carbocycles. The van der Waals surface area contributed by atoms with Gasteiger partial charge in [0.05, 0.1) is 6.61 Å². The summed E-state index contributed by atoms with van der Waals surface area (Å²) in [5.41, 5.74) is 1.41. The summed E-state index contributed by atoms with van der Waals surface area (Å²) in [5.74, 6) is -1.24. The van der Waals surface area contributed by atoms with Gasteiger partial charge >= 0.3 is 6.18 Å². The van der Waals surface area contributed by atoms with Gasteiger partial charge in [-0.15, -0.1) is 0 Å². The van der Waals surface area contributed by atoms with Crippen molar-refractivity contribution < 1.29 is 38.1 Å². The molecule has 0 bridgehead atoms. The van der Waals surface area contributed by atoms with Crippen LogP contribution < -0.4 is 15.1 Å². The fourth-order valence-electron chi connectivity index (χ4n) is 4.31. The average molecular weight is 528 g/mol. The van der Waals surface area contributed by atoms with E-state index in [1.54, 1.807) is 9.80 Å². The number of nitrogens with one attached hydrogen (secondary N) is 1. The molecular weight excluding hydrogens is 495 g/mol. The Morgan fingerprint density at radius 3 is 2.41 bits per heavy atom. The lowest BCUT2D eigenvalue weighted by molar-refractivity contribution is -0.149. The van der Waals surface area contributed by atoms with E-state index < -0.39 is 36.0 Å². The van der Waals surface area contributed by atoms with Crippen LogP contribution in [0.15, 0.2) is 36.5 Å². The quantitative estimate of drug-likeness (QED) is 0.255. The zero-order valence-electron chi connectivity index (χ0n) is 20.4. The number of halogens is 3. The molecule has 1 saturated heterocycles. The van der Waals surface area contributed by atoms with Gasteiger partial charge in [-0.25, -0.2) is 15.4 Å². The van der Waals surface area contributed by atoms with E-state index in [2.05, 4.69) is 9.97 Å². The van der Waals surface area contributed by atoms with Crippen molar-refractivity contribution in [1.29, 1.82) is 0 Å². The molecule has 0 aliphatic carbocycles. The number of alkyl halides is 3. The number of nitrogens with zero attached hydrogens (tertiary/aromatic N) is 4. The van der Waals surface area contributed by atoms with E-state index in [4.69, 9.17) is 9.94 Å². The molecule has 2 heterocycles. The van der Waals surface area contributed by atoms with Crippen molar-refractivity contribution in [3.63, 3.8) is 0 Å². The van der Waals surface area contributed by atoms with E-state index in [9.17, 15) is 28.2 Å². The number of aryl methyl sites for hydroxylation is 1. The van der Waals surface area contributed by atoms with E-state index in [1.165, 1.54) is 5.48 Å². The third-order valence-corrected chi connectivity index (χ3v) is 6.31. The number of benzene rings is 1. The Bertz CT molecular complexity index is 1000. The number of aromatic nitrogens is 2. The first-order chi connectivity index (χ1) is 17.6. The number of hydroxylamine groups is 1. The highest BCUT2D eigenvalue weighted by Crippen LogP contribution is 2.29. The molecule has 37 heavy (non-hydrogen) atoms. The molecule has 204 valence electrons. The summed E-state index contributed by atoms with van der Waals surface area (Å²) in [7, 11) is 0. The van der Waals surface area contributed by atoms with Crippen molar-refractivity contribution in [1.82, 2.24) is 20.3 Å². The molecular formula is C24H32F3N5O5. The zero-order chi connectivity index (χ0) is 27.0. The number of rotatable bonds is 11. The summed E-state index contributed by atoms with van der Waals surface area (Å²) < 4.78 is 44.4. The Morgan fingerprint density at radius 2 is 1.81 bits per heavy atom. The van der Waals surface area contributed by atoms with Gasteiger partial charge in [0, 0.05) is 38.3 Å². The van der Waals surface area contributed by atoms with Gasteiger partial charge in [-0.2, -0.15) is 13.2 Å². The van der Waals surface area contributed by atoms with Crippen molar-refractivity contribution in [3.05, 3.63) is 47.8 Å². The van der Waals surface area contributed by atoms with Gasteiger partial charge in [-0.3, -0.25) is 14.9 Å². The lowest BCUT2D eigenvalue weighted by atomic mass is 9.91. The lowest BCUT2D eigenvalue weighted by Crippen LogP contribution is -2.55. The number of piperazine rings is 1. The number of amides is 1. The smallest absolute Gasteiger partial charge is 0.433 e. The molecule has 0 radical (unpaired) electrons. The van der Waals surface area contributed by atoms with Crippen molar-refractivity contribution in [2.24, 2.45) is 5.92 Å². The molecule has 2 aromatic rings. The summed E-state index contributed by atoms with van der Waals surface area (Å²) >= 11 is 0. The van der Waals surface area contributed by atoms with Crippen molar-refractivity contribution in [3.8, 4) is 5.75 Å². The number of aliphatic hydroxyl groups excluding tert-OH is 2. The number of hydrogen-bond acceptors (Lipinski definition) is 9. The van der Waals surface area contributed by atoms with Crippen LogP contribution in [0.25, 0.3) is 0 Å². The van der Waals surface area contributed by atoms with Gasteiger partial charge in [0.2, 0.25) is 5.95 Å². The number of carbonyl (C=O) groups excluding carboxylic acids is 1. The van der Waals surface area contributed by atoms with E-state index in [0.717, 1.165) is 23.6 Å². The van der Waals surface area contributed by atoms with Crippen molar-refractivity contribution >= 4 is 11.9 Å². The minimum atomic E-state index is -4.59. The van der Waals surface area contributed by atoms with Gasteiger partial charge in [0.25, 0.3) is 5.91 Å². The molecule has 3 rings (SSSR count). The van der Waals surface area contributed by atoms with Crippen LogP contribution in [0.3, 0.4) is 0 Å². The molecule has 13 heteroatoms. The van der Waals surface area contributed by atoms with Crippen molar-refractivity contribution in [2.45, 2.75) is 44.7 Å². The number of hydrogen-bond donors (Lipinski definition) is 4. The summed E-state index contributed by atoms with van der Waals surface area (Å²) in [6, 6.07) is 8.35. The third-order valence-electron chi connectivity index (χ3n) is 6.31. The molecule has 1 aliphatic rings. The molecule has 1 fully saturated rings. The summed E-state index contributed by atoms with van der Waals surface area (Å²) in [5, 5.41) is 30.5. The highest BCUT2D eigenvalue weighted by atomic mass is 19.4. The molecule has 0 saturated carbocycles. The Labute approximate surface area is 212 Å². The Balaban J connectivity index is 1.61. The maximum atomic E-state index is 13.0. The molecule has 1 aliphatic heterocycles. The summed E-state index contributed by atoms with van der Waals surface area (Å²) in [4.78, 5) is 22.7. The van der Waals surface area contributed by atoms with Crippen LogP contribution in [0.2, 0.25) is 0 Å². The van der Waals surface area contributed by atoms with Gasteiger partial charge in [0.15, 0.2) is 0 Å². The number of carbonyl (C=O) groups is 1. The first-order valence-corrected chi connectivity index (χ1v) is 12.0. The maximum absolute atomic E-state index is 13.0. The first kappa shape index (κ1) is 28.6. The van der Waals surface area contributed by atoms with Crippen LogP contribution in [0.4, 0.5) is 19.1 Å². The fraction of sp³-hybridized carbons (Fsp3) is 0.542. The van der Waals surface area contributed by atoms with Crippen LogP contribution in [0, 0.1) is 5.92 Å². The Hall–Kier alpha value is -3.00. The van der Waals surface area contributed by atoms with E-state index >= 15 is 0 Å². The fourth-order valence-corrected chi connectivity index (χ4v) is 4.31. The van der Waals surface area contributed by atoms with Crippen LogP contribution in [-0.2, 0) is 17.4 Å². The zero-order valence-corrected chi connectivity index (χ0v) is 20.4. The van der Waals surface area contributed by atoms with Gasteiger partial charge in [-0.05, 0) is 49.9 Å². The van der Waals surface area contributed by atoms with Gasteiger partial charge < -0.3 is 19.8 Å². The lowest BCUT2D eigenvalue weighted by Gasteiger charge is -2.40. The topological polar surface area (TPSA) is 131 Å². The van der Waals surface area contributed by atoms with Gasteiger partial charge in [0.1, 0.15) is 23.8 Å².